The van der Waals surface area contributed by atoms with E-state index in [4.69, 9.17) is 4.74 Å². The van der Waals surface area contributed by atoms with Crippen molar-refractivity contribution in [2.75, 3.05) is 13.7 Å². The Morgan fingerprint density at radius 1 is 1.00 bits per heavy atom. The predicted octanol–water partition coefficient (Wildman–Crippen LogP) is 5.55. The molecule has 1 unspecified atom stereocenters. The maximum atomic E-state index is 12.1. The van der Waals surface area contributed by atoms with Crippen LogP contribution in [0.2, 0.25) is 0 Å². The van der Waals surface area contributed by atoms with Crippen molar-refractivity contribution in [3.63, 3.8) is 0 Å². The highest BCUT2D eigenvalue weighted by atomic mass is 16.5. The average molecular weight is 426 g/mol. The second-order valence-electron chi connectivity index (χ2n) is 9.57. The van der Waals surface area contributed by atoms with Gasteiger partial charge in [-0.05, 0) is 66.5 Å². The van der Waals surface area contributed by atoms with Crippen LogP contribution >= 0.6 is 0 Å². The van der Waals surface area contributed by atoms with E-state index in [1.165, 1.54) is 11.1 Å². The summed E-state index contributed by atoms with van der Waals surface area (Å²) in [5, 5.41) is 13.0. The van der Waals surface area contributed by atoms with E-state index in [2.05, 4.69) is 50.4 Å². The zero-order chi connectivity index (χ0) is 23.4. The molecule has 1 amide bonds. The van der Waals surface area contributed by atoms with Gasteiger partial charge in [-0.25, -0.2) is 0 Å². The van der Waals surface area contributed by atoms with Crippen molar-refractivity contribution < 1.29 is 14.6 Å². The van der Waals surface area contributed by atoms with Crippen molar-refractivity contribution in [2.45, 2.75) is 72.8 Å². The fourth-order valence-corrected chi connectivity index (χ4v) is 4.11. The fourth-order valence-electron chi connectivity index (χ4n) is 4.11. The number of carbonyl (C=O) groups is 1. The second kappa shape index (κ2) is 9.86. The van der Waals surface area contributed by atoms with E-state index in [1.807, 2.05) is 39.8 Å². The van der Waals surface area contributed by atoms with Crippen LogP contribution in [-0.2, 0) is 5.41 Å². The standard InChI is InChI=1S/C27H39NO3/c1-9-27(10-2,20-11-13-22(18(3)15-20)25(30)28-8)21-12-14-23(19(4)16-21)31-17-24(29)26(5,6)7/h11-16,24,29H,9-10,17H2,1-8H3,(H,28,30). The molecular weight excluding hydrogens is 386 g/mol. The van der Waals surface area contributed by atoms with Crippen molar-refractivity contribution in [3.05, 3.63) is 64.2 Å². The lowest BCUT2D eigenvalue weighted by Crippen LogP contribution is -2.32. The van der Waals surface area contributed by atoms with Gasteiger partial charge in [0.05, 0.1) is 6.10 Å². The molecule has 2 aromatic carbocycles. The predicted molar refractivity (Wildman–Crippen MR) is 128 cm³/mol. The van der Waals surface area contributed by atoms with Gasteiger partial charge < -0.3 is 15.2 Å². The van der Waals surface area contributed by atoms with Crippen LogP contribution < -0.4 is 10.1 Å². The third-order valence-electron chi connectivity index (χ3n) is 6.58. The Balaban J connectivity index is 2.40. The van der Waals surface area contributed by atoms with Crippen molar-refractivity contribution in [1.29, 1.82) is 0 Å². The van der Waals surface area contributed by atoms with Gasteiger partial charge in [0.15, 0.2) is 0 Å². The van der Waals surface area contributed by atoms with E-state index >= 15 is 0 Å². The van der Waals surface area contributed by atoms with E-state index < -0.39 is 6.10 Å². The lowest BCUT2D eigenvalue weighted by Gasteiger charge is -2.34. The van der Waals surface area contributed by atoms with Crippen LogP contribution in [0, 0.1) is 19.3 Å². The zero-order valence-electron chi connectivity index (χ0n) is 20.4. The quantitative estimate of drug-likeness (QED) is 0.582. The minimum Gasteiger partial charge on any atom is -0.491 e. The Morgan fingerprint density at radius 2 is 1.55 bits per heavy atom. The lowest BCUT2D eigenvalue weighted by atomic mass is 9.70. The molecular formula is C27H39NO3. The van der Waals surface area contributed by atoms with E-state index in [0.29, 0.717) is 5.56 Å². The highest BCUT2D eigenvalue weighted by Gasteiger charge is 2.32. The summed E-state index contributed by atoms with van der Waals surface area (Å²) in [4.78, 5) is 12.1. The molecule has 2 aromatic rings. The summed E-state index contributed by atoms with van der Waals surface area (Å²) >= 11 is 0. The van der Waals surface area contributed by atoms with Crippen LogP contribution in [0.4, 0.5) is 0 Å². The Morgan fingerprint density at radius 3 is 2.00 bits per heavy atom. The number of carbonyl (C=O) groups excluding carboxylic acids is 1. The molecule has 0 saturated heterocycles. The maximum absolute atomic E-state index is 12.1. The minimum atomic E-state index is -0.529. The topological polar surface area (TPSA) is 58.6 Å². The van der Waals surface area contributed by atoms with Crippen LogP contribution in [0.25, 0.3) is 0 Å². The molecule has 0 aliphatic rings. The summed E-state index contributed by atoms with van der Waals surface area (Å²) in [5.74, 6) is 0.747. The molecule has 0 radical (unpaired) electrons. The molecule has 4 nitrogen and oxygen atoms in total. The van der Waals surface area contributed by atoms with Gasteiger partial charge in [0, 0.05) is 18.0 Å². The van der Waals surface area contributed by atoms with Gasteiger partial charge in [-0.1, -0.05) is 58.9 Å². The summed E-state index contributed by atoms with van der Waals surface area (Å²) in [6.07, 6.45) is 1.37. The van der Waals surface area contributed by atoms with E-state index in [0.717, 1.165) is 29.7 Å². The number of ether oxygens (including phenoxy) is 1. The van der Waals surface area contributed by atoms with Crippen molar-refractivity contribution in [3.8, 4) is 5.75 Å². The first-order valence-corrected chi connectivity index (χ1v) is 11.2. The SMILES string of the molecule is CCC(CC)(c1ccc(OCC(O)C(C)(C)C)c(C)c1)c1ccc(C(=O)NC)c(C)c1. The molecule has 0 aliphatic heterocycles. The highest BCUT2D eigenvalue weighted by molar-refractivity contribution is 5.95. The Hall–Kier alpha value is -2.33. The summed E-state index contributed by atoms with van der Waals surface area (Å²) < 4.78 is 5.94. The van der Waals surface area contributed by atoms with Gasteiger partial charge in [0.25, 0.3) is 5.91 Å². The third kappa shape index (κ3) is 5.30. The normalized spacial score (nSPS) is 13.1. The summed E-state index contributed by atoms with van der Waals surface area (Å²) in [5.41, 5.74) is 4.86. The Bertz CT molecular complexity index is 907. The number of benzene rings is 2. The van der Waals surface area contributed by atoms with Crippen LogP contribution in [0.15, 0.2) is 36.4 Å². The van der Waals surface area contributed by atoms with Gasteiger partial charge in [0.2, 0.25) is 0 Å². The zero-order valence-corrected chi connectivity index (χ0v) is 20.4. The summed E-state index contributed by atoms with van der Waals surface area (Å²) in [7, 11) is 1.66. The van der Waals surface area contributed by atoms with E-state index in [1.54, 1.807) is 7.05 Å². The number of amides is 1. The molecule has 0 aromatic heterocycles. The Labute approximate surface area is 188 Å². The third-order valence-corrected chi connectivity index (χ3v) is 6.58. The number of aryl methyl sites for hydroxylation is 2. The van der Waals surface area contributed by atoms with Gasteiger partial charge in [-0.15, -0.1) is 0 Å². The highest BCUT2D eigenvalue weighted by Crippen LogP contribution is 2.41. The van der Waals surface area contributed by atoms with Crippen molar-refractivity contribution in [2.24, 2.45) is 5.41 Å². The number of nitrogens with one attached hydrogen (secondary N) is 1. The van der Waals surface area contributed by atoms with Crippen LogP contribution in [0.3, 0.4) is 0 Å². The van der Waals surface area contributed by atoms with Gasteiger partial charge in [0.1, 0.15) is 12.4 Å². The maximum Gasteiger partial charge on any atom is 0.251 e. The number of aliphatic hydroxyl groups is 1. The second-order valence-corrected chi connectivity index (χ2v) is 9.57. The molecule has 2 N–H and O–H groups in total. The van der Waals surface area contributed by atoms with Gasteiger partial charge in [-0.2, -0.15) is 0 Å². The molecule has 0 bridgehead atoms. The Kier molecular flexibility index (Phi) is 7.93. The first-order valence-electron chi connectivity index (χ1n) is 11.2. The molecule has 0 aliphatic carbocycles. The molecule has 170 valence electrons. The van der Waals surface area contributed by atoms with E-state index in [9.17, 15) is 9.90 Å². The van der Waals surface area contributed by atoms with Gasteiger partial charge in [-0.3, -0.25) is 4.79 Å². The molecule has 31 heavy (non-hydrogen) atoms. The fraction of sp³-hybridized carbons (Fsp3) is 0.519. The first kappa shape index (κ1) is 24.9. The van der Waals surface area contributed by atoms with Crippen LogP contribution in [0.1, 0.15) is 80.1 Å². The molecule has 0 fully saturated rings. The number of hydrogen-bond acceptors (Lipinski definition) is 3. The average Bonchev–Trinajstić information content (AvgIpc) is 2.73. The van der Waals surface area contributed by atoms with Gasteiger partial charge >= 0.3 is 0 Å². The lowest BCUT2D eigenvalue weighted by molar-refractivity contribution is 0.0216. The molecule has 0 heterocycles. The molecule has 0 spiro atoms. The number of hydrogen-bond donors (Lipinski definition) is 2. The summed E-state index contributed by atoms with van der Waals surface area (Å²) in [6, 6.07) is 12.5. The molecule has 1 atom stereocenters. The number of aliphatic hydroxyl groups excluding tert-OH is 1. The smallest absolute Gasteiger partial charge is 0.251 e. The van der Waals surface area contributed by atoms with Crippen LogP contribution in [-0.4, -0.2) is 30.8 Å². The van der Waals surface area contributed by atoms with Crippen molar-refractivity contribution in [1.82, 2.24) is 5.32 Å². The monoisotopic (exact) mass is 425 g/mol. The molecule has 2 rings (SSSR count). The minimum absolute atomic E-state index is 0.0579. The number of rotatable bonds is 8. The first-order chi connectivity index (χ1) is 14.5. The van der Waals surface area contributed by atoms with Crippen molar-refractivity contribution >= 4 is 5.91 Å². The largest absolute Gasteiger partial charge is 0.491 e. The van der Waals surface area contributed by atoms with Crippen LogP contribution in [0.5, 0.6) is 5.75 Å². The van der Waals surface area contributed by atoms with E-state index in [-0.39, 0.29) is 23.3 Å². The molecule has 4 heteroatoms. The summed E-state index contributed by atoms with van der Waals surface area (Å²) in [6.45, 7) is 14.8. The molecule has 0 saturated carbocycles.